The lowest BCUT2D eigenvalue weighted by molar-refractivity contribution is -0.120. The van der Waals surface area contributed by atoms with E-state index in [1.54, 1.807) is 13.0 Å². The average Bonchev–Trinajstić information content (AvgIpc) is 2.04. The fourth-order valence-electron chi connectivity index (χ4n) is 0.263. The van der Waals surface area contributed by atoms with Gasteiger partial charge in [-0.1, -0.05) is 20.8 Å². The van der Waals surface area contributed by atoms with Gasteiger partial charge >= 0.3 is 0 Å². The molecule has 0 aliphatic carbocycles. The Labute approximate surface area is 63.5 Å². The van der Waals surface area contributed by atoms with Crippen LogP contribution in [-0.2, 0) is 4.79 Å². The Morgan fingerprint density at radius 2 is 2.20 bits per heavy atom. The van der Waals surface area contributed by atoms with Crippen molar-refractivity contribution < 1.29 is 6.22 Å². The summed E-state index contributed by atoms with van der Waals surface area (Å²) in [5, 5.41) is 10.3. The van der Waals surface area contributed by atoms with Crippen LogP contribution >= 0.6 is 0 Å². The summed E-state index contributed by atoms with van der Waals surface area (Å²) in [5.74, 6) is -0.0773. The van der Waals surface area contributed by atoms with Crippen molar-refractivity contribution in [3.63, 3.8) is 0 Å². The van der Waals surface area contributed by atoms with Gasteiger partial charge in [-0.3, -0.25) is 4.79 Å². The molecule has 0 fully saturated rings. The van der Waals surface area contributed by atoms with Gasteiger partial charge < -0.3 is 5.32 Å². The molecule has 0 unspecified atom stereocenters. The number of nitriles is 1. The van der Waals surface area contributed by atoms with Crippen LogP contribution in [0.3, 0.4) is 0 Å². The van der Waals surface area contributed by atoms with E-state index in [-0.39, 0.29) is 13.9 Å². The van der Waals surface area contributed by atoms with Gasteiger partial charge in [-0.15, -0.1) is 0 Å². The minimum atomic E-state index is -0.0773. The van der Waals surface area contributed by atoms with Gasteiger partial charge in [0, 0.05) is 7.85 Å². The minimum absolute atomic E-state index is 0. The van der Waals surface area contributed by atoms with Crippen LogP contribution in [0.2, 0.25) is 0 Å². The van der Waals surface area contributed by atoms with E-state index < -0.39 is 0 Å². The first-order valence-corrected chi connectivity index (χ1v) is 3.45. The van der Waals surface area contributed by atoms with Crippen molar-refractivity contribution in [1.29, 1.82) is 5.26 Å². The van der Waals surface area contributed by atoms with Crippen LogP contribution < -0.4 is 5.32 Å². The average molecular weight is 144 g/mol. The van der Waals surface area contributed by atoms with Crippen molar-refractivity contribution in [2.45, 2.75) is 27.2 Å². The highest BCUT2D eigenvalue weighted by Gasteiger charge is 1.90. The van der Waals surface area contributed by atoms with Gasteiger partial charge in [0.05, 0.1) is 6.07 Å². The van der Waals surface area contributed by atoms with Gasteiger partial charge in [0.2, 0.25) is 5.91 Å². The largest absolute Gasteiger partial charge is 0.343 e. The molecule has 3 nitrogen and oxygen atoms in total. The van der Waals surface area contributed by atoms with Gasteiger partial charge in [-0.25, -0.2) is 0 Å². The van der Waals surface area contributed by atoms with Crippen LogP contribution in [0.4, 0.5) is 0 Å². The van der Waals surface area contributed by atoms with Crippen LogP contribution in [0.15, 0.2) is 0 Å². The third kappa shape index (κ3) is 10.0. The quantitative estimate of drug-likeness (QED) is 0.594. The zero-order valence-electron chi connectivity index (χ0n) is 6.77. The molecule has 0 bridgehead atoms. The van der Waals surface area contributed by atoms with Crippen molar-refractivity contribution in [1.82, 2.24) is 5.32 Å². The highest BCUT2D eigenvalue weighted by atomic mass is 16.1. The molecule has 0 aliphatic rings. The van der Waals surface area contributed by atoms with Gasteiger partial charge in [0.1, 0.15) is 6.54 Å². The Morgan fingerprint density at radius 3 is 2.50 bits per heavy atom. The third-order valence-corrected chi connectivity index (χ3v) is 0.686. The van der Waals surface area contributed by atoms with Gasteiger partial charge in [-0.05, 0) is 0 Å². The zero-order valence-corrected chi connectivity index (χ0v) is 6.77. The van der Waals surface area contributed by atoms with Crippen molar-refractivity contribution >= 4 is 5.91 Å². The number of amides is 1. The third-order valence-electron chi connectivity index (χ3n) is 0.686. The normalized spacial score (nSPS) is 6.60. The standard InChI is InChI=1S/C5H8N2O.C2H6.H2/c1-2-5(8)7-4-3-6;1-2;/h2,4H2,1H3,(H,7,8);1-2H3;1H. The van der Waals surface area contributed by atoms with Crippen molar-refractivity contribution in [3.8, 4) is 6.07 Å². The minimum Gasteiger partial charge on any atom is -0.343 e. The molecule has 0 spiro atoms. The lowest BCUT2D eigenvalue weighted by Gasteiger charge is -1.92. The summed E-state index contributed by atoms with van der Waals surface area (Å²) < 4.78 is 0. The Morgan fingerprint density at radius 1 is 1.70 bits per heavy atom. The van der Waals surface area contributed by atoms with Crippen molar-refractivity contribution in [2.75, 3.05) is 6.54 Å². The molecule has 0 atom stereocenters. The van der Waals surface area contributed by atoms with E-state index in [0.717, 1.165) is 0 Å². The summed E-state index contributed by atoms with van der Waals surface area (Å²) in [6, 6.07) is 1.80. The molecule has 3 heteroatoms. The van der Waals surface area contributed by atoms with Gasteiger partial charge in [0.15, 0.2) is 0 Å². The summed E-state index contributed by atoms with van der Waals surface area (Å²) in [4.78, 5) is 10.3. The molecule has 0 aliphatic heterocycles. The number of nitrogens with zero attached hydrogens (tertiary/aromatic N) is 1. The predicted octanol–water partition coefficient (Wildman–Crippen LogP) is 1.31. The fraction of sp³-hybridized carbons (Fsp3) is 0.714. The maximum atomic E-state index is 10.3. The second kappa shape index (κ2) is 10.9. The highest BCUT2D eigenvalue weighted by molar-refractivity contribution is 5.75. The van der Waals surface area contributed by atoms with Crippen molar-refractivity contribution in [3.05, 3.63) is 0 Å². The second-order valence-electron chi connectivity index (χ2n) is 1.29. The number of rotatable bonds is 2. The lowest BCUT2D eigenvalue weighted by Crippen LogP contribution is -2.21. The maximum Gasteiger partial charge on any atom is 0.220 e. The van der Waals surface area contributed by atoms with Crippen LogP contribution in [0.1, 0.15) is 28.6 Å². The van der Waals surface area contributed by atoms with E-state index in [2.05, 4.69) is 5.32 Å². The first kappa shape index (κ1) is 11.7. The number of nitrogens with one attached hydrogen (secondary N) is 1. The molecule has 0 aromatic heterocycles. The number of hydrogen-bond acceptors (Lipinski definition) is 2. The van der Waals surface area contributed by atoms with Crippen LogP contribution in [0, 0.1) is 11.3 Å². The summed E-state index contributed by atoms with van der Waals surface area (Å²) in [7, 11) is 0. The fourth-order valence-corrected chi connectivity index (χ4v) is 0.263. The van der Waals surface area contributed by atoms with Crippen LogP contribution in [-0.4, -0.2) is 12.5 Å². The first-order chi connectivity index (χ1) is 4.81. The molecule has 0 saturated carbocycles. The molecule has 0 aromatic rings. The molecule has 60 valence electrons. The van der Waals surface area contributed by atoms with Crippen LogP contribution in [0.5, 0.6) is 0 Å². The number of hydrogen-bond donors (Lipinski definition) is 1. The molecule has 0 radical (unpaired) electrons. The summed E-state index contributed by atoms with van der Waals surface area (Å²) >= 11 is 0. The Hall–Kier alpha value is -1.04. The monoisotopic (exact) mass is 144 g/mol. The van der Waals surface area contributed by atoms with Gasteiger partial charge in [0.25, 0.3) is 0 Å². The number of carbonyl (C=O) groups is 1. The van der Waals surface area contributed by atoms with Crippen molar-refractivity contribution in [2.24, 2.45) is 0 Å². The summed E-state index contributed by atoms with van der Waals surface area (Å²) in [6.45, 7) is 5.86. The summed E-state index contributed by atoms with van der Waals surface area (Å²) in [6.07, 6.45) is 0.446. The lowest BCUT2D eigenvalue weighted by atomic mass is 10.4. The topological polar surface area (TPSA) is 52.9 Å². The molecule has 10 heavy (non-hydrogen) atoms. The molecular weight excluding hydrogens is 128 g/mol. The summed E-state index contributed by atoms with van der Waals surface area (Å²) in [5.41, 5.74) is 0. The SMILES string of the molecule is CC.CCC(=O)NCC#N.[HH]. The smallest absolute Gasteiger partial charge is 0.220 e. The molecule has 0 aromatic carbocycles. The van der Waals surface area contributed by atoms with Gasteiger partial charge in [-0.2, -0.15) is 5.26 Å². The first-order valence-electron chi connectivity index (χ1n) is 3.45. The highest BCUT2D eigenvalue weighted by Crippen LogP contribution is 1.71. The van der Waals surface area contributed by atoms with Crippen LogP contribution in [0.25, 0.3) is 0 Å². The predicted molar refractivity (Wildman–Crippen MR) is 42.4 cm³/mol. The molecule has 1 N–H and O–H groups in total. The Balaban J connectivity index is -0.000000196. The second-order valence-corrected chi connectivity index (χ2v) is 1.29. The van der Waals surface area contributed by atoms with E-state index in [1.165, 1.54) is 0 Å². The van der Waals surface area contributed by atoms with E-state index in [4.69, 9.17) is 5.26 Å². The van der Waals surface area contributed by atoms with E-state index in [0.29, 0.717) is 6.42 Å². The van der Waals surface area contributed by atoms with E-state index >= 15 is 0 Å². The Kier molecular flexibility index (Phi) is 12.7. The van der Waals surface area contributed by atoms with E-state index in [1.807, 2.05) is 13.8 Å². The number of carbonyl (C=O) groups excluding carboxylic acids is 1. The Bertz CT molecular complexity index is 120. The molecule has 0 rings (SSSR count). The molecular formula is C7H16N2O. The molecule has 0 heterocycles. The maximum absolute atomic E-state index is 10.3. The van der Waals surface area contributed by atoms with E-state index in [9.17, 15) is 4.79 Å². The molecule has 1 amide bonds. The molecule has 0 saturated heterocycles. The zero-order chi connectivity index (χ0) is 8.41.